The number of benzene rings is 2. The van der Waals surface area contributed by atoms with Crippen molar-refractivity contribution in [3.63, 3.8) is 0 Å². The zero-order valence-corrected chi connectivity index (χ0v) is 16.2. The summed E-state index contributed by atoms with van der Waals surface area (Å²) in [7, 11) is 0.771. The highest BCUT2D eigenvalue weighted by atomic mass is 35.5. The third-order valence-electron chi connectivity index (χ3n) is 3.80. The molecule has 0 saturated carbocycles. The average molecular weight is 392 g/mol. The van der Waals surface area contributed by atoms with Crippen molar-refractivity contribution < 1.29 is 13.2 Å². The number of nitriles is 1. The summed E-state index contributed by atoms with van der Waals surface area (Å²) in [5, 5.41) is 9.01. The fraction of sp³-hybridized carbons (Fsp3) is 0.222. The van der Waals surface area contributed by atoms with E-state index < -0.39 is 15.9 Å². The van der Waals surface area contributed by atoms with Crippen molar-refractivity contribution in [3.05, 3.63) is 64.2 Å². The summed E-state index contributed by atoms with van der Waals surface area (Å²) in [6.45, 7) is 0.297. The summed E-state index contributed by atoms with van der Waals surface area (Å²) < 4.78 is 25.6. The van der Waals surface area contributed by atoms with Gasteiger partial charge in [0.25, 0.3) is 5.91 Å². The van der Waals surface area contributed by atoms with Gasteiger partial charge < -0.3 is 4.90 Å². The van der Waals surface area contributed by atoms with Crippen molar-refractivity contribution in [2.24, 2.45) is 0 Å². The predicted molar refractivity (Wildman–Crippen MR) is 99.3 cm³/mol. The maximum absolute atomic E-state index is 12.7. The van der Waals surface area contributed by atoms with Gasteiger partial charge in [0.1, 0.15) is 0 Å². The molecule has 0 aromatic heterocycles. The number of hydrogen-bond donors (Lipinski definition) is 0. The van der Waals surface area contributed by atoms with Crippen molar-refractivity contribution in [1.82, 2.24) is 9.21 Å². The Balaban J connectivity index is 2.29. The van der Waals surface area contributed by atoms with E-state index in [1.165, 1.54) is 37.2 Å². The fourth-order valence-electron chi connectivity index (χ4n) is 2.28. The van der Waals surface area contributed by atoms with Crippen LogP contribution in [-0.2, 0) is 16.6 Å². The molecule has 6 nitrogen and oxygen atoms in total. The summed E-state index contributed by atoms with van der Waals surface area (Å²) in [4.78, 5) is 14.2. The number of sulfonamides is 1. The summed E-state index contributed by atoms with van der Waals surface area (Å²) in [5.74, 6) is -0.393. The monoisotopic (exact) mass is 391 g/mol. The van der Waals surface area contributed by atoms with Gasteiger partial charge in [0.2, 0.25) is 10.0 Å². The van der Waals surface area contributed by atoms with Gasteiger partial charge in [-0.15, -0.1) is 0 Å². The number of rotatable bonds is 5. The summed E-state index contributed by atoms with van der Waals surface area (Å²) in [6.07, 6.45) is 0. The standard InChI is InChI=1S/C18H18ClN3O3S/c1-21(2)26(24,25)15-8-9-17(19)16(10-15)18(23)22(3)12-14-6-4-13(11-20)5-7-14/h4-10H,12H2,1-3H3. The quantitative estimate of drug-likeness (QED) is 0.784. The number of hydrogen-bond acceptors (Lipinski definition) is 4. The van der Waals surface area contributed by atoms with Crippen LogP contribution in [-0.4, -0.2) is 44.7 Å². The summed E-state index contributed by atoms with van der Waals surface area (Å²) in [6, 6.07) is 13.0. The smallest absolute Gasteiger partial charge is 0.255 e. The van der Waals surface area contributed by atoms with E-state index in [1.54, 1.807) is 31.3 Å². The van der Waals surface area contributed by atoms with Crippen LogP contribution >= 0.6 is 11.6 Å². The van der Waals surface area contributed by atoms with Crippen LogP contribution in [0.3, 0.4) is 0 Å². The Morgan fingerprint density at radius 2 is 1.73 bits per heavy atom. The molecule has 0 radical (unpaired) electrons. The zero-order chi connectivity index (χ0) is 19.5. The molecule has 0 atom stereocenters. The molecule has 0 bridgehead atoms. The minimum Gasteiger partial charge on any atom is -0.337 e. The largest absolute Gasteiger partial charge is 0.337 e. The molecule has 2 rings (SSSR count). The number of carbonyl (C=O) groups excluding carboxylic acids is 1. The summed E-state index contributed by atoms with van der Waals surface area (Å²) in [5.41, 5.74) is 1.49. The van der Waals surface area contributed by atoms with Crippen molar-refractivity contribution in [1.29, 1.82) is 5.26 Å². The molecule has 0 aliphatic carbocycles. The molecule has 1 amide bonds. The van der Waals surface area contributed by atoms with Gasteiger partial charge in [-0.2, -0.15) is 5.26 Å². The third-order valence-corrected chi connectivity index (χ3v) is 5.94. The Morgan fingerprint density at radius 1 is 1.12 bits per heavy atom. The van der Waals surface area contributed by atoms with E-state index in [0.717, 1.165) is 9.87 Å². The molecule has 0 heterocycles. The van der Waals surface area contributed by atoms with Gasteiger partial charge in [-0.1, -0.05) is 23.7 Å². The Hall–Kier alpha value is -2.40. The minimum absolute atomic E-state index is 0.00187. The number of halogens is 1. The van der Waals surface area contributed by atoms with Gasteiger partial charge in [0, 0.05) is 27.7 Å². The number of amides is 1. The lowest BCUT2D eigenvalue weighted by Crippen LogP contribution is -2.27. The molecule has 0 aliphatic rings. The fourth-order valence-corrected chi connectivity index (χ4v) is 3.40. The minimum atomic E-state index is -3.67. The first-order chi connectivity index (χ1) is 12.2. The number of nitrogens with zero attached hydrogens (tertiary/aromatic N) is 3. The van der Waals surface area contributed by atoms with Crippen molar-refractivity contribution in [3.8, 4) is 6.07 Å². The van der Waals surface area contributed by atoms with Gasteiger partial charge in [-0.3, -0.25) is 4.79 Å². The second-order valence-electron chi connectivity index (χ2n) is 5.90. The van der Waals surface area contributed by atoms with E-state index in [9.17, 15) is 13.2 Å². The maximum atomic E-state index is 12.7. The molecule has 0 fully saturated rings. The molecule has 0 unspecified atom stereocenters. The predicted octanol–water partition coefficient (Wildman–Crippen LogP) is 2.73. The highest BCUT2D eigenvalue weighted by Gasteiger charge is 2.22. The number of carbonyl (C=O) groups is 1. The van der Waals surface area contributed by atoms with Gasteiger partial charge >= 0.3 is 0 Å². The lowest BCUT2D eigenvalue weighted by molar-refractivity contribution is 0.0785. The van der Waals surface area contributed by atoms with E-state index >= 15 is 0 Å². The normalized spacial score (nSPS) is 11.2. The molecule has 2 aromatic rings. The molecule has 136 valence electrons. The molecule has 0 N–H and O–H groups in total. The van der Waals surface area contributed by atoms with Crippen LogP contribution < -0.4 is 0 Å². The second-order valence-corrected chi connectivity index (χ2v) is 8.46. The second kappa shape index (κ2) is 7.87. The first kappa shape index (κ1) is 19.9. The van der Waals surface area contributed by atoms with Crippen LogP contribution in [0.25, 0.3) is 0 Å². The van der Waals surface area contributed by atoms with Crippen LogP contribution in [0.5, 0.6) is 0 Å². The van der Waals surface area contributed by atoms with Crippen molar-refractivity contribution in [2.45, 2.75) is 11.4 Å². The lowest BCUT2D eigenvalue weighted by Gasteiger charge is -2.19. The van der Waals surface area contributed by atoms with E-state index in [2.05, 4.69) is 0 Å². The lowest BCUT2D eigenvalue weighted by atomic mass is 10.1. The SMILES string of the molecule is CN(Cc1ccc(C#N)cc1)C(=O)c1cc(S(=O)(=O)N(C)C)ccc1Cl. The topological polar surface area (TPSA) is 81.5 Å². The Labute approximate surface area is 158 Å². The third kappa shape index (κ3) is 4.22. The maximum Gasteiger partial charge on any atom is 0.255 e. The van der Waals surface area contributed by atoms with E-state index in [4.69, 9.17) is 16.9 Å². The molecule has 0 spiro atoms. The first-order valence-electron chi connectivity index (χ1n) is 7.63. The van der Waals surface area contributed by atoms with E-state index in [0.29, 0.717) is 12.1 Å². The molecule has 8 heteroatoms. The molecule has 0 saturated heterocycles. The van der Waals surface area contributed by atoms with Crippen LogP contribution in [0.1, 0.15) is 21.5 Å². The van der Waals surface area contributed by atoms with E-state index in [1.807, 2.05) is 6.07 Å². The first-order valence-corrected chi connectivity index (χ1v) is 9.45. The van der Waals surface area contributed by atoms with Gasteiger partial charge in [-0.05, 0) is 35.9 Å². The highest BCUT2D eigenvalue weighted by Crippen LogP contribution is 2.23. The molecule has 26 heavy (non-hydrogen) atoms. The Morgan fingerprint density at radius 3 is 2.27 bits per heavy atom. The van der Waals surface area contributed by atoms with Gasteiger partial charge in [0.15, 0.2) is 0 Å². The molecular formula is C18H18ClN3O3S. The van der Waals surface area contributed by atoms with Crippen LogP contribution in [0.15, 0.2) is 47.4 Å². The van der Waals surface area contributed by atoms with Crippen LogP contribution in [0, 0.1) is 11.3 Å². The van der Waals surface area contributed by atoms with E-state index in [-0.39, 0.29) is 15.5 Å². The highest BCUT2D eigenvalue weighted by molar-refractivity contribution is 7.89. The van der Waals surface area contributed by atoms with Gasteiger partial charge in [-0.25, -0.2) is 12.7 Å². The zero-order valence-electron chi connectivity index (χ0n) is 14.6. The van der Waals surface area contributed by atoms with Crippen LogP contribution in [0.2, 0.25) is 5.02 Å². The molecule has 0 aliphatic heterocycles. The Kier molecular flexibility index (Phi) is 6.03. The summed E-state index contributed by atoms with van der Waals surface area (Å²) >= 11 is 6.12. The van der Waals surface area contributed by atoms with Crippen LogP contribution in [0.4, 0.5) is 0 Å². The average Bonchev–Trinajstić information content (AvgIpc) is 2.61. The van der Waals surface area contributed by atoms with Crippen molar-refractivity contribution in [2.75, 3.05) is 21.1 Å². The molecular weight excluding hydrogens is 374 g/mol. The van der Waals surface area contributed by atoms with Crippen molar-refractivity contribution >= 4 is 27.5 Å². The molecule has 2 aromatic carbocycles. The van der Waals surface area contributed by atoms with Gasteiger partial charge in [0.05, 0.1) is 27.1 Å². The Bertz CT molecular complexity index is 964.